The van der Waals surface area contributed by atoms with Crippen LogP contribution < -0.4 is 5.73 Å². The van der Waals surface area contributed by atoms with E-state index in [1.54, 1.807) is 0 Å². The molecule has 0 aromatic carbocycles. The lowest BCUT2D eigenvalue weighted by molar-refractivity contribution is 0.740. The fourth-order valence-corrected chi connectivity index (χ4v) is 1.19. The van der Waals surface area contributed by atoms with Crippen LogP contribution in [0.2, 0.25) is 0 Å². The van der Waals surface area contributed by atoms with Crippen molar-refractivity contribution in [1.82, 2.24) is 9.78 Å². The molecule has 0 amide bonds. The molecule has 10 heavy (non-hydrogen) atoms. The zero-order valence-electron chi connectivity index (χ0n) is 5.99. The van der Waals surface area contributed by atoms with Crippen molar-refractivity contribution in [2.75, 3.05) is 0 Å². The van der Waals surface area contributed by atoms with Crippen LogP contribution in [-0.4, -0.2) is 15.8 Å². The summed E-state index contributed by atoms with van der Waals surface area (Å²) in [4.78, 5) is 0. The van der Waals surface area contributed by atoms with Gasteiger partial charge in [-0.05, 0) is 12.5 Å². The van der Waals surface area contributed by atoms with Gasteiger partial charge in [-0.1, -0.05) is 0 Å². The summed E-state index contributed by atoms with van der Waals surface area (Å²) in [7, 11) is 1.93. The quantitative estimate of drug-likeness (QED) is 0.602. The summed E-state index contributed by atoms with van der Waals surface area (Å²) < 4.78 is 1.82. The van der Waals surface area contributed by atoms with Crippen molar-refractivity contribution in [3.05, 3.63) is 18.0 Å². The zero-order chi connectivity index (χ0) is 7.14. The Bertz CT molecular complexity index is 241. The molecule has 54 valence electrons. The number of aryl methyl sites for hydroxylation is 1. The van der Waals surface area contributed by atoms with Crippen molar-refractivity contribution in [3.8, 4) is 0 Å². The van der Waals surface area contributed by atoms with Crippen molar-refractivity contribution >= 4 is 0 Å². The van der Waals surface area contributed by atoms with Crippen molar-refractivity contribution in [2.45, 2.75) is 18.4 Å². The molecule has 0 radical (unpaired) electrons. The maximum absolute atomic E-state index is 5.66. The smallest absolute Gasteiger partial charge is 0.0671 e. The third-order valence-corrected chi connectivity index (χ3v) is 1.95. The molecule has 1 aliphatic rings. The van der Waals surface area contributed by atoms with Gasteiger partial charge in [0.1, 0.15) is 0 Å². The summed E-state index contributed by atoms with van der Waals surface area (Å²) in [6.07, 6.45) is 3.07. The Morgan fingerprint density at radius 1 is 1.80 bits per heavy atom. The third-order valence-electron chi connectivity index (χ3n) is 1.95. The normalized spacial score (nSPS) is 30.6. The van der Waals surface area contributed by atoms with Crippen molar-refractivity contribution < 1.29 is 0 Å². The van der Waals surface area contributed by atoms with E-state index in [9.17, 15) is 0 Å². The lowest BCUT2D eigenvalue weighted by atomic mass is 10.3. The molecule has 0 bridgehead atoms. The summed E-state index contributed by atoms with van der Waals surface area (Å²) in [6.45, 7) is 0. The molecule has 1 saturated carbocycles. The molecule has 0 saturated heterocycles. The Morgan fingerprint density at radius 2 is 2.50 bits per heavy atom. The minimum absolute atomic E-state index is 0.370. The topological polar surface area (TPSA) is 43.8 Å². The van der Waals surface area contributed by atoms with E-state index in [4.69, 9.17) is 5.73 Å². The number of hydrogen-bond acceptors (Lipinski definition) is 2. The molecule has 1 fully saturated rings. The van der Waals surface area contributed by atoms with Gasteiger partial charge in [-0.15, -0.1) is 0 Å². The van der Waals surface area contributed by atoms with Gasteiger partial charge in [0.2, 0.25) is 0 Å². The second-order valence-electron chi connectivity index (χ2n) is 2.92. The van der Waals surface area contributed by atoms with Gasteiger partial charge in [-0.25, -0.2) is 0 Å². The molecule has 1 heterocycles. The molecule has 0 aliphatic heterocycles. The molecule has 0 spiro atoms. The molecule has 1 aromatic heterocycles. The van der Waals surface area contributed by atoms with Gasteiger partial charge in [-0.2, -0.15) is 5.10 Å². The van der Waals surface area contributed by atoms with Gasteiger partial charge < -0.3 is 5.73 Å². The second kappa shape index (κ2) is 1.83. The first-order valence-electron chi connectivity index (χ1n) is 3.52. The Kier molecular flexibility index (Phi) is 1.08. The highest BCUT2D eigenvalue weighted by atomic mass is 15.3. The highest BCUT2D eigenvalue weighted by molar-refractivity contribution is 5.18. The number of rotatable bonds is 1. The molecule has 1 aliphatic carbocycles. The van der Waals surface area contributed by atoms with E-state index in [1.807, 2.05) is 24.0 Å². The average molecular weight is 137 g/mol. The number of hydrogen-bond donors (Lipinski definition) is 1. The van der Waals surface area contributed by atoms with Crippen LogP contribution in [0, 0.1) is 0 Å². The molecule has 2 rings (SSSR count). The molecule has 2 N–H and O–H groups in total. The number of aromatic nitrogens is 2. The second-order valence-corrected chi connectivity index (χ2v) is 2.92. The first-order valence-corrected chi connectivity index (χ1v) is 3.52. The van der Waals surface area contributed by atoms with E-state index in [0.717, 1.165) is 12.1 Å². The van der Waals surface area contributed by atoms with E-state index >= 15 is 0 Å². The standard InChI is InChI=1S/C7H11N3/c1-10-3-2-7(9-10)5-4-6(5)8/h2-3,5-6H,4,8H2,1H3/t5-,6-/m0/s1. The predicted octanol–water partition coefficient (Wildman–Crippen LogP) is 0.235. The van der Waals surface area contributed by atoms with Crippen LogP contribution in [0.3, 0.4) is 0 Å². The third kappa shape index (κ3) is 0.827. The molecule has 2 atom stereocenters. The van der Waals surface area contributed by atoms with Crippen LogP contribution in [0.15, 0.2) is 12.3 Å². The van der Waals surface area contributed by atoms with Crippen LogP contribution in [0.1, 0.15) is 18.0 Å². The lowest BCUT2D eigenvalue weighted by Gasteiger charge is -1.88. The van der Waals surface area contributed by atoms with Gasteiger partial charge in [0.05, 0.1) is 5.69 Å². The summed E-state index contributed by atoms with van der Waals surface area (Å²) in [5.41, 5.74) is 6.81. The SMILES string of the molecule is Cn1ccc([C@H]2C[C@@H]2N)n1. The molecular formula is C7H11N3. The molecule has 3 nitrogen and oxygen atoms in total. The predicted molar refractivity (Wildman–Crippen MR) is 38.5 cm³/mol. The van der Waals surface area contributed by atoms with Gasteiger partial charge in [0.15, 0.2) is 0 Å². The van der Waals surface area contributed by atoms with Gasteiger partial charge >= 0.3 is 0 Å². The fraction of sp³-hybridized carbons (Fsp3) is 0.571. The largest absolute Gasteiger partial charge is 0.327 e. The van der Waals surface area contributed by atoms with Crippen molar-refractivity contribution in [2.24, 2.45) is 12.8 Å². The van der Waals surface area contributed by atoms with Gasteiger partial charge in [0.25, 0.3) is 0 Å². The maximum Gasteiger partial charge on any atom is 0.0671 e. The minimum Gasteiger partial charge on any atom is -0.327 e. The van der Waals surface area contributed by atoms with Crippen molar-refractivity contribution in [3.63, 3.8) is 0 Å². The summed E-state index contributed by atoms with van der Waals surface area (Å²) >= 11 is 0. The van der Waals surface area contributed by atoms with Crippen LogP contribution in [0.5, 0.6) is 0 Å². The molecule has 0 unspecified atom stereocenters. The van der Waals surface area contributed by atoms with E-state index < -0.39 is 0 Å². The molecule has 3 heteroatoms. The maximum atomic E-state index is 5.66. The van der Waals surface area contributed by atoms with Crippen LogP contribution in [-0.2, 0) is 7.05 Å². The zero-order valence-corrected chi connectivity index (χ0v) is 5.99. The molecule has 1 aromatic rings. The highest BCUT2D eigenvalue weighted by Gasteiger charge is 2.36. The first-order chi connectivity index (χ1) is 4.77. The van der Waals surface area contributed by atoms with Gasteiger partial charge in [0, 0.05) is 25.2 Å². The van der Waals surface area contributed by atoms with Crippen LogP contribution in [0.4, 0.5) is 0 Å². The van der Waals surface area contributed by atoms with E-state index in [2.05, 4.69) is 5.10 Å². The fourth-order valence-electron chi connectivity index (χ4n) is 1.19. The Labute approximate surface area is 59.8 Å². The van der Waals surface area contributed by atoms with E-state index in [0.29, 0.717) is 12.0 Å². The van der Waals surface area contributed by atoms with E-state index in [-0.39, 0.29) is 0 Å². The first kappa shape index (κ1) is 5.92. The number of nitrogens with two attached hydrogens (primary N) is 1. The van der Waals surface area contributed by atoms with Crippen LogP contribution in [0.25, 0.3) is 0 Å². The Morgan fingerprint density at radius 3 is 2.90 bits per heavy atom. The molecular weight excluding hydrogens is 126 g/mol. The lowest BCUT2D eigenvalue weighted by Crippen LogP contribution is -2.01. The monoisotopic (exact) mass is 137 g/mol. The minimum atomic E-state index is 0.370. The average Bonchev–Trinajstić information content (AvgIpc) is 2.42. The number of nitrogens with zero attached hydrogens (tertiary/aromatic N) is 2. The highest BCUT2D eigenvalue weighted by Crippen LogP contribution is 2.37. The summed E-state index contributed by atoms with van der Waals surface area (Å²) in [5.74, 6) is 0.543. The van der Waals surface area contributed by atoms with E-state index in [1.165, 1.54) is 0 Å². The summed E-state index contributed by atoms with van der Waals surface area (Å²) in [6, 6.07) is 2.41. The van der Waals surface area contributed by atoms with Crippen molar-refractivity contribution in [1.29, 1.82) is 0 Å². The summed E-state index contributed by atoms with van der Waals surface area (Å²) in [5, 5.41) is 4.26. The van der Waals surface area contributed by atoms with Crippen LogP contribution >= 0.6 is 0 Å². The Hall–Kier alpha value is -0.830. The van der Waals surface area contributed by atoms with Gasteiger partial charge in [-0.3, -0.25) is 4.68 Å². The Balaban J connectivity index is 2.20.